The number of aryl methyl sites for hydroxylation is 1. The molecule has 0 bridgehead atoms. The monoisotopic (exact) mass is 394 g/mol. The number of carbonyl (C=O) groups excluding carboxylic acids is 1. The molecule has 144 valence electrons. The van der Waals surface area contributed by atoms with Crippen LogP contribution in [-0.2, 0) is 16.6 Å². The normalized spacial score (nSPS) is 11.1. The molecule has 0 heterocycles. The molecule has 0 aromatic heterocycles. The summed E-state index contributed by atoms with van der Waals surface area (Å²) in [6, 6.07) is 22.6. The molecule has 0 aliphatic carbocycles. The Morgan fingerprint density at radius 2 is 1.50 bits per heavy atom. The van der Waals surface area contributed by atoms with E-state index in [1.54, 1.807) is 54.4 Å². The molecule has 0 fully saturated rings. The third kappa shape index (κ3) is 4.78. The van der Waals surface area contributed by atoms with Crippen LogP contribution in [0.15, 0.2) is 83.8 Å². The van der Waals surface area contributed by atoms with Crippen LogP contribution in [0.25, 0.3) is 0 Å². The van der Waals surface area contributed by atoms with Gasteiger partial charge in [0.05, 0.1) is 4.90 Å². The first-order valence-electron chi connectivity index (χ1n) is 8.84. The van der Waals surface area contributed by atoms with E-state index in [9.17, 15) is 13.2 Å². The van der Waals surface area contributed by atoms with E-state index in [-0.39, 0.29) is 10.8 Å². The van der Waals surface area contributed by atoms with Gasteiger partial charge in [-0.15, -0.1) is 0 Å². The Hall–Kier alpha value is -3.12. The highest BCUT2D eigenvalue weighted by Crippen LogP contribution is 2.17. The number of sulfonamides is 1. The number of hydrogen-bond acceptors (Lipinski definition) is 3. The van der Waals surface area contributed by atoms with E-state index in [4.69, 9.17) is 0 Å². The van der Waals surface area contributed by atoms with E-state index in [0.29, 0.717) is 17.8 Å². The molecule has 3 aromatic rings. The molecule has 0 saturated heterocycles. The smallest absolute Gasteiger partial charge is 0.261 e. The highest BCUT2D eigenvalue weighted by Gasteiger charge is 2.15. The van der Waals surface area contributed by atoms with Crippen molar-refractivity contribution in [2.75, 3.05) is 11.8 Å². The Labute approximate surface area is 165 Å². The number of hydrogen-bond donors (Lipinski definition) is 1. The van der Waals surface area contributed by atoms with Crippen LogP contribution in [0.2, 0.25) is 0 Å². The van der Waals surface area contributed by atoms with Gasteiger partial charge in [0.25, 0.3) is 15.9 Å². The Morgan fingerprint density at radius 1 is 0.893 bits per heavy atom. The Kier molecular flexibility index (Phi) is 5.80. The third-order valence-electron chi connectivity index (χ3n) is 4.32. The molecule has 5 nitrogen and oxygen atoms in total. The minimum Gasteiger partial charge on any atom is -0.337 e. The van der Waals surface area contributed by atoms with E-state index in [0.717, 1.165) is 5.56 Å². The van der Waals surface area contributed by atoms with Gasteiger partial charge >= 0.3 is 0 Å². The Balaban J connectivity index is 1.68. The lowest BCUT2D eigenvalue weighted by Crippen LogP contribution is -2.26. The summed E-state index contributed by atoms with van der Waals surface area (Å²) in [5.74, 6) is -0.127. The minimum absolute atomic E-state index is 0.127. The fourth-order valence-corrected chi connectivity index (χ4v) is 3.83. The largest absolute Gasteiger partial charge is 0.337 e. The second kappa shape index (κ2) is 8.27. The summed E-state index contributed by atoms with van der Waals surface area (Å²) < 4.78 is 27.3. The maximum Gasteiger partial charge on any atom is 0.261 e. The predicted molar refractivity (Wildman–Crippen MR) is 111 cm³/mol. The zero-order chi connectivity index (χ0) is 20.1. The number of anilines is 1. The highest BCUT2D eigenvalue weighted by molar-refractivity contribution is 7.92. The van der Waals surface area contributed by atoms with Crippen LogP contribution < -0.4 is 4.72 Å². The second-order valence-electron chi connectivity index (χ2n) is 6.64. The fraction of sp³-hybridized carbons (Fsp3) is 0.136. The average Bonchev–Trinajstić information content (AvgIpc) is 2.70. The van der Waals surface area contributed by atoms with Gasteiger partial charge in [-0.05, 0) is 48.9 Å². The number of carbonyl (C=O) groups is 1. The van der Waals surface area contributed by atoms with Crippen LogP contribution in [0.5, 0.6) is 0 Å². The van der Waals surface area contributed by atoms with Gasteiger partial charge in [0, 0.05) is 24.8 Å². The summed E-state index contributed by atoms with van der Waals surface area (Å²) in [5, 5.41) is 0. The maximum atomic E-state index is 12.6. The van der Waals surface area contributed by atoms with Crippen LogP contribution in [-0.4, -0.2) is 26.3 Å². The Bertz CT molecular complexity index is 1050. The van der Waals surface area contributed by atoms with Crippen molar-refractivity contribution in [3.63, 3.8) is 0 Å². The van der Waals surface area contributed by atoms with Gasteiger partial charge in [0.1, 0.15) is 0 Å². The van der Waals surface area contributed by atoms with Gasteiger partial charge in [-0.1, -0.05) is 48.0 Å². The van der Waals surface area contributed by atoms with Crippen molar-refractivity contribution in [1.29, 1.82) is 0 Å². The van der Waals surface area contributed by atoms with Crippen LogP contribution in [0.3, 0.4) is 0 Å². The van der Waals surface area contributed by atoms with Crippen molar-refractivity contribution in [3.05, 3.63) is 95.6 Å². The molecule has 0 atom stereocenters. The number of nitrogens with one attached hydrogen (secondary N) is 1. The van der Waals surface area contributed by atoms with Crippen molar-refractivity contribution < 1.29 is 13.2 Å². The van der Waals surface area contributed by atoms with Gasteiger partial charge in [0.2, 0.25) is 0 Å². The molecule has 0 saturated carbocycles. The molecule has 3 rings (SSSR count). The molecule has 1 N–H and O–H groups in total. The number of amides is 1. The number of rotatable bonds is 6. The lowest BCUT2D eigenvalue weighted by Gasteiger charge is -2.18. The first-order valence-corrected chi connectivity index (χ1v) is 10.3. The molecule has 0 aliphatic heterocycles. The molecule has 0 spiro atoms. The minimum atomic E-state index is -3.65. The molecule has 0 unspecified atom stereocenters. The van der Waals surface area contributed by atoms with Crippen molar-refractivity contribution in [1.82, 2.24) is 4.90 Å². The van der Waals surface area contributed by atoms with Crippen molar-refractivity contribution in [2.24, 2.45) is 0 Å². The zero-order valence-corrected chi connectivity index (χ0v) is 16.6. The molecule has 28 heavy (non-hydrogen) atoms. The van der Waals surface area contributed by atoms with E-state index >= 15 is 0 Å². The SMILES string of the molecule is Cc1ccc(CN(C)C(=O)c2ccc(NS(=O)(=O)c3ccccc3)cc2)cc1. The van der Waals surface area contributed by atoms with Crippen molar-refractivity contribution in [2.45, 2.75) is 18.4 Å². The van der Waals surface area contributed by atoms with Crippen LogP contribution in [0, 0.1) is 6.92 Å². The van der Waals surface area contributed by atoms with Crippen LogP contribution in [0.4, 0.5) is 5.69 Å². The summed E-state index contributed by atoms with van der Waals surface area (Å²) in [5.41, 5.74) is 3.12. The van der Waals surface area contributed by atoms with E-state index < -0.39 is 10.0 Å². The second-order valence-corrected chi connectivity index (χ2v) is 8.33. The predicted octanol–water partition coefficient (Wildman–Crippen LogP) is 4.07. The zero-order valence-electron chi connectivity index (χ0n) is 15.8. The van der Waals surface area contributed by atoms with E-state index in [1.807, 2.05) is 31.2 Å². The molecule has 3 aromatic carbocycles. The molecule has 0 aliphatic rings. The van der Waals surface area contributed by atoms with Gasteiger partial charge in [-0.25, -0.2) is 8.42 Å². The fourth-order valence-electron chi connectivity index (χ4n) is 2.75. The molecule has 6 heteroatoms. The number of benzene rings is 3. The summed E-state index contributed by atoms with van der Waals surface area (Å²) in [6.07, 6.45) is 0. The standard InChI is InChI=1S/C22H22N2O3S/c1-17-8-10-18(11-9-17)16-24(2)22(25)19-12-14-20(15-13-19)23-28(26,27)21-6-4-3-5-7-21/h3-15,23H,16H2,1-2H3. The van der Waals surface area contributed by atoms with Crippen LogP contribution >= 0.6 is 0 Å². The molecular formula is C22H22N2O3S. The van der Waals surface area contributed by atoms with Gasteiger partial charge < -0.3 is 4.90 Å². The third-order valence-corrected chi connectivity index (χ3v) is 5.72. The van der Waals surface area contributed by atoms with Crippen molar-refractivity contribution in [3.8, 4) is 0 Å². The topological polar surface area (TPSA) is 66.5 Å². The van der Waals surface area contributed by atoms with Gasteiger partial charge in [0.15, 0.2) is 0 Å². The van der Waals surface area contributed by atoms with Gasteiger partial charge in [-0.3, -0.25) is 9.52 Å². The van der Waals surface area contributed by atoms with Crippen LogP contribution in [0.1, 0.15) is 21.5 Å². The molecule has 1 amide bonds. The number of nitrogens with zero attached hydrogens (tertiary/aromatic N) is 1. The van der Waals surface area contributed by atoms with E-state index in [1.165, 1.54) is 17.7 Å². The highest BCUT2D eigenvalue weighted by atomic mass is 32.2. The van der Waals surface area contributed by atoms with E-state index in [2.05, 4.69) is 4.72 Å². The first-order chi connectivity index (χ1) is 13.3. The molecular weight excluding hydrogens is 372 g/mol. The average molecular weight is 394 g/mol. The lowest BCUT2D eigenvalue weighted by molar-refractivity contribution is 0.0785. The quantitative estimate of drug-likeness (QED) is 0.685. The Morgan fingerprint density at radius 3 is 2.11 bits per heavy atom. The van der Waals surface area contributed by atoms with Crippen molar-refractivity contribution >= 4 is 21.6 Å². The lowest BCUT2D eigenvalue weighted by atomic mass is 10.1. The molecule has 0 radical (unpaired) electrons. The summed E-state index contributed by atoms with van der Waals surface area (Å²) in [6.45, 7) is 2.52. The summed E-state index contributed by atoms with van der Waals surface area (Å²) in [7, 11) is -1.91. The maximum absolute atomic E-state index is 12.6. The summed E-state index contributed by atoms with van der Waals surface area (Å²) >= 11 is 0. The van der Waals surface area contributed by atoms with Gasteiger partial charge in [-0.2, -0.15) is 0 Å². The summed E-state index contributed by atoms with van der Waals surface area (Å²) in [4.78, 5) is 14.4. The first kappa shape index (κ1) is 19.6.